The van der Waals surface area contributed by atoms with Gasteiger partial charge in [0.05, 0.1) is 27.2 Å². The average Bonchev–Trinajstić information content (AvgIpc) is 3.57. The number of rotatable bonds is 2. The molecule has 0 aliphatic heterocycles. The fourth-order valence-corrected chi connectivity index (χ4v) is 6.40. The van der Waals surface area contributed by atoms with Crippen molar-refractivity contribution in [2.45, 2.75) is 0 Å². The summed E-state index contributed by atoms with van der Waals surface area (Å²) >= 11 is 0. The van der Waals surface area contributed by atoms with Crippen molar-refractivity contribution in [2.24, 2.45) is 0 Å². The third-order valence-corrected chi connectivity index (χ3v) is 8.20. The van der Waals surface area contributed by atoms with Gasteiger partial charge in [0.15, 0.2) is 0 Å². The summed E-state index contributed by atoms with van der Waals surface area (Å²) < 4.78 is 15.0. The molecule has 0 unspecified atom stereocenters. The van der Waals surface area contributed by atoms with E-state index in [0.29, 0.717) is 21.9 Å². The number of nitrogens with zero attached hydrogens (tertiary/aromatic N) is 1. The van der Waals surface area contributed by atoms with E-state index in [1.54, 1.807) is 0 Å². The molecule has 3 aromatic heterocycles. The monoisotopic (exact) mass is 527 g/mol. The minimum atomic E-state index is -0.0389. The van der Waals surface area contributed by atoms with E-state index in [1.807, 2.05) is 91.0 Å². The Bertz CT molecular complexity index is 2550. The lowest BCUT2D eigenvalue weighted by Crippen LogP contribution is -2.05. The first-order valence-corrected chi connectivity index (χ1v) is 13.6. The van der Waals surface area contributed by atoms with Crippen molar-refractivity contribution in [1.82, 2.24) is 4.57 Å². The molecule has 0 spiro atoms. The van der Waals surface area contributed by atoms with E-state index in [0.717, 1.165) is 60.6 Å². The molecular weight excluding hydrogens is 506 g/mol. The predicted octanol–water partition coefficient (Wildman–Crippen LogP) is 9.61. The van der Waals surface area contributed by atoms with Gasteiger partial charge in [0.25, 0.3) is 0 Å². The highest BCUT2D eigenvalue weighted by Gasteiger charge is 2.19. The molecule has 0 saturated heterocycles. The molecule has 41 heavy (non-hydrogen) atoms. The molecule has 9 aromatic rings. The molecule has 0 fully saturated rings. The zero-order chi connectivity index (χ0) is 27.1. The van der Waals surface area contributed by atoms with Crippen LogP contribution in [0, 0.1) is 0 Å². The van der Waals surface area contributed by atoms with Crippen LogP contribution in [0.15, 0.2) is 141 Å². The Morgan fingerprint density at radius 1 is 0.488 bits per heavy atom. The minimum Gasteiger partial charge on any atom is -0.456 e. The molecule has 0 aliphatic rings. The maximum absolute atomic E-state index is 14.1. The van der Waals surface area contributed by atoms with E-state index in [2.05, 4.69) is 41.0 Å². The third-order valence-electron chi connectivity index (χ3n) is 8.20. The molecule has 0 saturated carbocycles. The Morgan fingerprint density at radius 2 is 1.24 bits per heavy atom. The lowest BCUT2D eigenvalue weighted by atomic mass is 9.99. The van der Waals surface area contributed by atoms with Crippen LogP contribution < -0.4 is 5.43 Å². The van der Waals surface area contributed by atoms with Crippen molar-refractivity contribution in [2.75, 3.05) is 0 Å². The van der Waals surface area contributed by atoms with Crippen LogP contribution >= 0.6 is 0 Å². The van der Waals surface area contributed by atoms with Gasteiger partial charge < -0.3 is 13.4 Å². The highest BCUT2D eigenvalue weighted by Crippen LogP contribution is 2.40. The topological polar surface area (TPSA) is 48.3 Å². The number of furan rings is 1. The number of fused-ring (bicyclic) bond motifs is 9. The second kappa shape index (κ2) is 8.20. The Labute approximate surface area is 233 Å². The van der Waals surface area contributed by atoms with Crippen LogP contribution in [0.2, 0.25) is 0 Å². The summed E-state index contributed by atoms with van der Waals surface area (Å²) in [5.74, 6) is 0. The first kappa shape index (κ1) is 22.2. The summed E-state index contributed by atoms with van der Waals surface area (Å²) in [6, 6.07) is 42.4. The van der Waals surface area contributed by atoms with Gasteiger partial charge in [0.2, 0.25) is 5.43 Å². The molecule has 6 aromatic carbocycles. The van der Waals surface area contributed by atoms with Gasteiger partial charge in [-0.1, -0.05) is 78.9 Å². The van der Waals surface area contributed by atoms with Gasteiger partial charge >= 0.3 is 0 Å². The summed E-state index contributed by atoms with van der Waals surface area (Å²) in [4.78, 5) is 14.1. The molecule has 0 radical (unpaired) electrons. The molecule has 0 atom stereocenters. The van der Waals surface area contributed by atoms with E-state index >= 15 is 0 Å². The van der Waals surface area contributed by atoms with Crippen molar-refractivity contribution in [3.05, 3.63) is 138 Å². The van der Waals surface area contributed by atoms with Crippen LogP contribution in [0.1, 0.15) is 0 Å². The normalized spacial score (nSPS) is 12.0. The molecule has 9 rings (SSSR count). The molecule has 192 valence electrons. The summed E-state index contributed by atoms with van der Waals surface area (Å²) in [6.45, 7) is 0. The standard InChI is InChI=1S/C37H21NO3/c39-36-28-21-23(17-20-32(28)40-33-16-8-13-24(35(33)36)22-9-2-1-3-10-22)38-29-14-6-4-12-27(29)34-30(38)19-18-26-25-11-5-7-15-31(25)41-37(26)34/h1-21H. The van der Waals surface area contributed by atoms with Gasteiger partial charge in [-0.05, 0) is 59.7 Å². The van der Waals surface area contributed by atoms with Crippen molar-refractivity contribution < 1.29 is 8.83 Å². The number of para-hydroxylation sites is 2. The highest BCUT2D eigenvalue weighted by molar-refractivity contribution is 6.23. The summed E-state index contributed by atoms with van der Waals surface area (Å²) in [5.41, 5.74) is 7.67. The molecule has 0 N–H and O–H groups in total. The number of aromatic nitrogens is 1. The fourth-order valence-electron chi connectivity index (χ4n) is 6.40. The predicted molar refractivity (Wildman–Crippen MR) is 167 cm³/mol. The maximum Gasteiger partial charge on any atom is 0.201 e. The SMILES string of the molecule is O=c1c2cc(-n3c4ccccc4c4c5oc6ccccc6c5ccc43)ccc2oc2cccc(-c3ccccc3)c12. The van der Waals surface area contributed by atoms with Crippen molar-refractivity contribution >= 4 is 65.7 Å². The molecule has 0 amide bonds. The van der Waals surface area contributed by atoms with Crippen LogP contribution in [0.5, 0.6) is 0 Å². The second-order valence-electron chi connectivity index (χ2n) is 10.4. The molecule has 0 bridgehead atoms. The van der Waals surface area contributed by atoms with Crippen LogP contribution in [-0.2, 0) is 0 Å². The van der Waals surface area contributed by atoms with Crippen molar-refractivity contribution in [1.29, 1.82) is 0 Å². The Kier molecular flexibility index (Phi) is 4.44. The molecule has 3 heterocycles. The minimum absolute atomic E-state index is 0.0389. The zero-order valence-electron chi connectivity index (χ0n) is 21.8. The van der Waals surface area contributed by atoms with Gasteiger partial charge in [-0.3, -0.25) is 4.79 Å². The van der Waals surface area contributed by atoms with Crippen molar-refractivity contribution in [3.8, 4) is 16.8 Å². The van der Waals surface area contributed by atoms with Gasteiger partial charge in [0.1, 0.15) is 22.3 Å². The number of benzene rings is 6. The van der Waals surface area contributed by atoms with Crippen LogP contribution in [0.25, 0.3) is 82.5 Å². The van der Waals surface area contributed by atoms with Gasteiger partial charge in [-0.2, -0.15) is 0 Å². The van der Waals surface area contributed by atoms with Crippen LogP contribution in [-0.4, -0.2) is 4.57 Å². The molecular formula is C37H21NO3. The summed E-state index contributed by atoms with van der Waals surface area (Å²) in [7, 11) is 0. The summed E-state index contributed by atoms with van der Waals surface area (Å²) in [5, 5.41) is 5.50. The largest absolute Gasteiger partial charge is 0.456 e. The van der Waals surface area contributed by atoms with Gasteiger partial charge in [-0.15, -0.1) is 0 Å². The Balaban J connectivity index is 1.37. The second-order valence-corrected chi connectivity index (χ2v) is 10.4. The zero-order valence-corrected chi connectivity index (χ0v) is 21.8. The maximum atomic E-state index is 14.1. The molecule has 4 heteroatoms. The third kappa shape index (κ3) is 3.07. The van der Waals surface area contributed by atoms with E-state index < -0.39 is 0 Å². The Morgan fingerprint density at radius 3 is 2.15 bits per heavy atom. The lowest BCUT2D eigenvalue weighted by Gasteiger charge is -2.11. The lowest BCUT2D eigenvalue weighted by molar-refractivity contribution is 0.660. The first-order chi connectivity index (χ1) is 20.3. The Hall–Kier alpha value is -5.61. The smallest absolute Gasteiger partial charge is 0.201 e. The van der Waals surface area contributed by atoms with Crippen LogP contribution in [0.3, 0.4) is 0 Å². The van der Waals surface area contributed by atoms with E-state index in [4.69, 9.17) is 8.83 Å². The fraction of sp³-hybridized carbons (Fsp3) is 0. The molecule has 0 aliphatic carbocycles. The molecule has 4 nitrogen and oxygen atoms in total. The number of hydrogen-bond acceptors (Lipinski definition) is 3. The highest BCUT2D eigenvalue weighted by atomic mass is 16.3. The van der Waals surface area contributed by atoms with Crippen molar-refractivity contribution in [3.63, 3.8) is 0 Å². The first-order valence-electron chi connectivity index (χ1n) is 13.6. The van der Waals surface area contributed by atoms with E-state index in [9.17, 15) is 4.79 Å². The average molecular weight is 528 g/mol. The van der Waals surface area contributed by atoms with Gasteiger partial charge in [0, 0.05) is 21.8 Å². The van der Waals surface area contributed by atoms with Gasteiger partial charge in [-0.25, -0.2) is 0 Å². The van der Waals surface area contributed by atoms with E-state index in [-0.39, 0.29) is 5.43 Å². The number of hydrogen-bond donors (Lipinski definition) is 0. The van der Waals surface area contributed by atoms with Crippen LogP contribution in [0.4, 0.5) is 0 Å². The summed E-state index contributed by atoms with van der Waals surface area (Å²) in [6.07, 6.45) is 0. The quantitative estimate of drug-likeness (QED) is 0.210. The van der Waals surface area contributed by atoms with E-state index in [1.165, 1.54) is 0 Å².